The maximum Gasteiger partial charge on any atom is 0.0158 e. The van der Waals surface area contributed by atoms with Gasteiger partial charge in [0, 0.05) is 5.41 Å². The number of benzene rings is 9. The van der Waals surface area contributed by atoms with Crippen LogP contribution in [0.25, 0.3) is 88.3 Å². The SMILES string of the molecule is CC1(C)c2ccccc2-c2cc(-c3c4ccccc4c(-c4ccc(-c5ccccc5)c(-c5ccccc5)c4)c4ccc(-c5ccccc5)cc34)ccc21. The Labute approximate surface area is 311 Å². The molecular formula is C53H38. The van der Waals surface area contributed by atoms with Gasteiger partial charge in [-0.15, -0.1) is 0 Å². The van der Waals surface area contributed by atoms with Crippen LogP contribution in [0.3, 0.4) is 0 Å². The van der Waals surface area contributed by atoms with E-state index in [-0.39, 0.29) is 5.41 Å². The van der Waals surface area contributed by atoms with Crippen molar-refractivity contribution in [1.29, 1.82) is 0 Å². The first-order valence-electron chi connectivity index (χ1n) is 18.6. The Morgan fingerprint density at radius 2 is 0.736 bits per heavy atom. The van der Waals surface area contributed by atoms with Crippen molar-refractivity contribution in [3.63, 3.8) is 0 Å². The zero-order chi connectivity index (χ0) is 35.5. The van der Waals surface area contributed by atoms with Crippen molar-refractivity contribution in [1.82, 2.24) is 0 Å². The van der Waals surface area contributed by atoms with Crippen molar-refractivity contribution in [3.05, 3.63) is 205 Å². The molecule has 0 spiro atoms. The molecule has 0 fully saturated rings. The molecule has 0 heterocycles. The van der Waals surface area contributed by atoms with Crippen molar-refractivity contribution in [2.24, 2.45) is 0 Å². The van der Waals surface area contributed by atoms with E-state index < -0.39 is 0 Å². The average Bonchev–Trinajstić information content (AvgIpc) is 3.45. The smallest absolute Gasteiger partial charge is 0.0158 e. The van der Waals surface area contributed by atoms with Crippen LogP contribution in [0.2, 0.25) is 0 Å². The van der Waals surface area contributed by atoms with Crippen LogP contribution in [0.4, 0.5) is 0 Å². The minimum Gasteiger partial charge on any atom is -0.0622 e. The highest BCUT2D eigenvalue weighted by atomic mass is 14.4. The highest BCUT2D eigenvalue weighted by Crippen LogP contribution is 2.52. The quantitative estimate of drug-likeness (QED) is 0.159. The summed E-state index contributed by atoms with van der Waals surface area (Å²) in [4.78, 5) is 0. The molecule has 9 aromatic carbocycles. The third-order valence-corrected chi connectivity index (χ3v) is 11.5. The van der Waals surface area contributed by atoms with Gasteiger partial charge in [-0.05, 0) is 118 Å². The van der Waals surface area contributed by atoms with Gasteiger partial charge in [-0.25, -0.2) is 0 Å². The monoisotopic (exact) mass is 674 g/mol. The van der Waals surface area contributed by atoms with E-state index in [1.54, 1.807) is 0 Å². The van der Waals surface area contributed by atoms with Gasteiger partial charge in [0.05, 0.1) is 0 Å². The van der Waals surface area contributed by atoms with Gasteiger partial charge in [-0.2, -0.15) is 0 Å². The Hall–Kier alpha value is -6.50. The summed E-state index contributed by atoms with van der Waals surface area (Å²) in [6.45, 7) is 4.71. The highest BCUT2D eigenvalue weighted by Gasteiger charge is 2.35. The molecule has 0 bridgehead atoms. The van der Waals surface area contributed by atoms with Crippen LogP contribution in [0.5, 0.6) is 0 Å². The Bertz CT molecular complexity index is 2820. The van der Waals surface area contributed by atoms with Gasteiger partial charge in [0.2, 0.25) is 0 Å². The normalized spacial score (nSPS) is 12.9. The summed E-state index contributed by atoms with van der Waals surface area (Å²) in [6.07, 6.45) is 0. The molecule has 53 heavy (non-hydrogen) atoms. The summed E-state index contributed by atoms with van der Waals surface area (Å²) in [5.41, 5.74) is 17.8. The Balaban J connectivity index is 1.28. The first kappa shape index (κ1) is 31.3. The van der Waals surface area contributed by atoms with Crippen LogP contribution < -0.4 is 0 Å². The Morgan fingerprint density at radius 1 is 0.264 bits per heavy atom. The van der Waals surface area contributed by atoms with E-state index in [0.29, 0.717) is 0 Å². The maximum absolute atomic E-state index is 2.46. The maximum atomic E-state index is 2.46. The molecule has 1 aliphatic carbocycles. The summed E-state index contributed by atoms with van der Waals surface area (Å²) in [5, 5.41) is 5.04. The van der Waals surface area contributed by atoms with E-state index in [2.05, 4.69) is 208 Å². The second-order valence-corrected chi connectivity index (χ2v) is 14.8. The van der Waals surface area contributed by atoms with E-state index in [1.165, 1.54) is 99.4 Å². The van der Waals surface area contributed by atoms with Crippen LogP contribution >= 0.6 is 0 Å². The van der Waals surface area contributed by atoms with E-state index in [1.807, 2.05) is 0 Å². The topological polar surface area (TPSA) is 0 Å². The van der Waals surface area contributed by atoms with E-state index in [0.717, 1.165) is 0 Å². The molecule has 0 radical (unpaired) electrons. The molecule has 250 valence electrons. The standard InChI is InChI=1S/C53H38/c1-53(2)49-25-15-14-22-42(49)47-34-40(28-31-50(47)53)52-44-24-13-12-23-43(44)51(45-30-26-38(32-48(45)52)35-16-6-3-7-17-35)39-27-29-41(36-18-8-4-9-19-36)46(33-39)37-20-10-5-11-21-37/h3-34H,1-2H3. The fraction of sp³-hybridized carbons (Fsp3) is 0.0566. The van der Waals surface area contributed by atoms with Gasteiger partial charge < -0.3 is 0 Å². The lowest BCUT2D eigenvalue weighted by Crippen LogP contribution is -2.14. The lowest BCUT2D eigenvalue weighted by Gasteiger charge is -2.22. The fourth-order valence-electron chi connectivity index (χ4n) is 8.91. The Morgan fingerprint density at radius 3 is 1.42 bits per heavy atom. The average molecular weight is 675 g/mol. The number of fused-ring (bicyclic) bond motifs is 5. The van der Waals surface area contributed by atoms with Gasteiger partial charge in [0.1, 0.15) is 0 Å². The van der Waals surface area contributed by atoms with Crippen molar-refractivity contribution < 1.29 is 0 Å². The van der Waals surface area contributed by atoms with Crippen LogP contribution in [-0.2, 0) is 5.41 Å². The van der Waals surface area contributed by atoms with Gasteiger partial charge in [-0.3, -0.25) is 0 Å². The predicted octanol–water partition coefficient (Wildman–Crippen LogP) is 14.6. The third-order valence-electron chi connectivity index (χ3n) is 11.5. The zero-order valence-electron chi connectivity index (χ0n) is 30.0. The van der Waals surface area contributed by atoms with Gasteiger partial charge in [0.25, 0.3) is 0 Å². The van der Waals surface area contributed by atoms with E-state index in [4.69, 9.17) is 0 Å². The van der Waals surface area contributed by atoms with Crippen LogP contribution in [0, 0.1) is 0 Å². The van der Waals surface area contributed by atoms with Crippen LogP contribution in [0.15, 0.2) is 194 Å². The molecule has 0 aromatic heterocycles. The number of hydrogen-bond acceptors (Lipinski definition) is 0. The lowest BCUT2D eigenvalue weighted by molar-refractivity contribution is 0.660. The summed E-state index contributed by atoms with van der Waals surface area (Å²) < 4.78 is 0. The second-order valence-electron chi connectivity index (χ2n) is 14.8. The minimum atomic E-state index is -0.0404. The highest BCUT2D eigenvalue weighted by molar-refractivity contribution is 6.22. The van der Waals surface area contributed by atoms with E-state index in [9.17, 15) is 0 Å². The van der Waals surface area contributed by atoms with Crippen molar-refractivity contribution in [3.8, 4) is 66.8 Å². The summed E-state index contributed by atoms with van der Waals surface area (Å²) >= 11 is 0. The molecule has 1 aliphatic rings. The number of rotatable bonds is 5. The van der Waals surface area contributed by atoms with Gasteiger partial charge >= 0.3 is 0 Å². The second kappa shape index (κ2) is 12.3. The lowest BCUT2D eigenvalue weighted by atomic mass is 9.81. The first-order chi connectivity index (χ1) is 26.1. The van der Waals surface area contributed by atoms with Crippen LogP contribution in [0.1, 0.15) is 25.0 Å². The minimum absolute atomic E-state index is 0.0404. The molecule has 10 rings (SSSR count). The van der Waals surface area contributed by atoms with Crippen molar-refractivity contribution in [2.45, 2.75) is 19.3 Å². The summed E-state index contributed by atoms with van der Waals surface area (Å²) in [6, 6.07) is 71.7. The molecule has 0 atom stereocenters. The number of hydrogen-bond donors (Lipinski definition) is 0. The van der Waals surface area contributed by atoms with Crippen LogP contribution in [-0.4, -0.2) is 0 Å². The molecular weight excluding hydrogens is 637 g/mol. The molecule has 0 nitrogen and oxygen atoms in total. The molecule has 0 unspecified atom stereocenters. The third kappa shape index (κ3) is 5.06. The molecule has 0 saturated heterocycles. The summed E-state index contributed by atoms with van der Waals surface area (Å²) in [7, 11) is 0. The summed E-state index contributed by atoms with van der Waals surface area (Å²) in [5.74, 6) is 0. The van der Waals surface area contributed by atoms with Crippen molar-refractivity contribution >= 4 is 21.5 Å². The zero-order valence-corrected chi connectivity index (χ0v) is 30.0. The van der Waals surface area contributed by atoms with Crippen molar-refractivity contribution in [2.75, 3.05) is 0 Å². The Kier molecular flexibility index (Phi) is 7.27. The predicted molar refractivity (Wildman–Crippen MR) is 226 cm³/mol. The molecule has 0 saturated carbocycles. The van der Waals surface area contributed by atoms with E-state index >= 15 is 0 Å². The first-order valence-corrected chi connectivity index (χ1v) is 18.6. The largest absolute Gasteiger partial charge is 0.0622 e. The molecule has 0 aliphatic heterocycles. The van der Waals surface area contributed by atoms with Gasteiger partial charge in [-0.1, -0.05) is 190 Å². The molecule has 0 heteroatoms. The fourth-order valence-corrected chi connectivity index (χ4v) is 8.91. The van der Waals surface area contributed by atoms with Gasteiger partial charge in [0.15, 0.2) is 0 Å². The molecule has 9 aromatic rings. The molecule has 0 amide bonds. The molecule has 0 N–H and O–H groups in total.